The molecule has 15 heavy (non-hydrogen) atoms. The second-order valence-electron chi connectivity index (χ2n) is 3.45. The monoisotopic (exact) mass is 203 g/mol. The van der Waals surface area contributed by atoms with Crippen molar-refractivity contribution in [1.82, 2.24) is 5.16 Å². The van der Waals surface area contributed by atoms with Crippen molar-refractivity contribution in [2.75, 3.05) is 0 Å². The summed E-state index contributed by atoms with van der Waals surface area (Å²) >= 11 is 0. The first-order valence-electron chi connectivity index (χ1n) is 5.28. The Kier molecular flexibility index (Phi) is 2.81. The molecule has 2 heterocycles. The summed E-state index contributed by atoms with van der Waals surface area (Å²) in [4.78, 5) is 0. The van der Waals surface area contributed by atoms with E-state index < -0.39 is 0 Å². The van der Waals surface area contributed by atoms with Crippen LogP contribution >= 0.6 is 0 Å². The Morgan fingerprint density at radius 1 is 1.27 bits per heavy atom. The highest BCUT2D eigenvalue weighted by molar-refractivity contribution is 5.59. The standard InChI is InChI=1S/C12H15N2O/c1-3-10-9-13-15-12(10)11-5-7-14(4-2)8-6-11/h5-9H,3-4H2,1-2H3/q+1. The van der Waals surface area contributed by atoms with Crippen molar-refractivity contribution in [3.8, 4) is 11.3 Å². The molecule has 0 bridgehead atoms. The molecule has 2 rings (SSSR count). The fourth-order valence-electron chi connectivity index (χ4n) is 1.57. The average molecular weight is 203 g/mol. The number of rotatable bonds is 3. The zero-order valence-corrected chi connectivity index (χ0v) is 9.10. The highest BCUT2D eigenvalue weighted by Gasteiger charge is 2.10. The highest BCUT2D eigenvalue weighted by atomic mass is 16.5. The van der Waals surface area contributed by atoms with Crippen LogP contribution in [0.15, 0.2) is 35.2 Å². The zero-order chi connectivity index (χ0) is 10.7. The molecule has 0 amide bonds. The Morgan fingerprint density at radius 3 is 2.60 bits per heavy atom. The van der Waals surface area contributed by atoms with Crippen LogP contribution in [0.2, 0.25) is 0 Å². The summed E-state index contributed by atoms with van der Waals surface area (Å²) < 4.78 is 7.37. The molecule has 78 valence electrons. The molecule has 0 aliphatic heterocycles. The maximum absolute atomic E-state index is 5.26. The van der Waals surface area contributed by atoms with E-state index >= 15 is 0 Å². The minimum atomic E-state index is 0.890. The van der Waals surface area contributed by atoms with Crippen LogP contribution in [0, 0.1) is 0 Å². The fraction of sp³-hybridized carbons (Fsp3) is 0.333. The topological polar surface area (TPSA) is 29.9 Å². The predicted octanol–water partition coefficient (Wildman–Crippen LogP) is 2.21. The summed E-state index contributed by atoms with van der Waals surface area (Å²) in [6.07, 6.45) is 6.84. The molecule has 3 heteroatoms. The summed E-state index contributed by atoms with van der Waals surface area (Å²) in [5.41, 5.74) is 2.25. The van der Waals surface area contributed by atoms with Gasteiger partial charge in [-0.3, -0.25) is 0 Å². The van der Waals surface area contributed by atoms with Gasteiger partial charge in [0, 0.05) is 23.3 Å². The minimum absolute atomic E-state index is 0.890. The van der Waals surface area contributed by atoms with Crippen molar-refractivity contribution < 1.29 is 9.09 Å². The number of pyridine rings is 1. The third-order valence-electron chi connectivity index (χ3n) is 2.54. The molecule has 0 aliphatic carbocycles. The lowest BCUT2D eigenvalue weighted by molar-refractivity contribution is -0.693. The van der Waals surface area contributed by atoms with E-state index in [2.05, 4.69) is 48.1 Å². The lowest BCUT2D eigenvalue weighted by Crippen LogP contribution is -2.30. The lowest BCUT2D eigenvalue weighted by Gasteiger charge is -1.97. The summed E-state index contributed by atoms with van der Waals surface area (Å²) in [6.45, 7) is 5.20. The molecule has 0 aromatic carbocycles. The van der Waals surface area contributed by atoms with Gasteiger partial charge in [0.05, 0.1) is 6.20 Å². The maximum Gasteiger partial charge on any atom is 0.170 e. The Morgan fingerprint density at radius 2 is 2.00 bits per heavy atom. The second-order valence-corrected chi connectivity index (χ2v) is 3.45. The fourth-order valence-corrected chi connectivity index (χ4v) is 1.57. The van der Waals surface area contributed by atoms with E-state index in [1.54, 1.807) is 6.20 Å². The van der Waals surface area contributed by atoms with Crippen LogP contribution < -0.4 is 4.57 Å². The van der Waals surface area contributed by atoms with Crippen molar-refractivity contribution in [3.63, 3.8) is 0 Å². The van der Waals surface area contributed by atoms with Crippen LogP contribution in [0.25, 0.3) is 11.3 Å². The molecule has 2 aromatic heterocycles. The quantitative estimate of drug-likeness (QED) is 0.716. The van der Waals surface area contributed by atoms with Gasteiger partial charge < -0.3 is 4.52 Å². The summed E-state index contributed by atoms with van der Waals surface area (Å²) in [7, 11) is 0. The van der Waals surface area contributed by atoms with Crippen LogP contribution in [-0.2, 0) is 13.0 Å². The Labute approximate surface area is 89.3 Å². The minimum Gasteiger partial charge on any atom is -0.356 e. The number of aromatic nitrogens is 2. The van der Waals surface area contributed by atoms with Crippen LogP contribution in [0.1, 0.15) is 19.4 Å². The molecule has 0 radical (unpaired) electrons. The molecule has 0 fully saturated rings. The SMILES string of the molecule is CCc1cnoc1-c1cc[n+](CC)cc1. The van der Waals surface area contributed by atoms with E-state index in [4.69, 9.17) is 4.52 Å². The van der Waals surface area contributed by atoms with Crippen LogP contribution in [0.4, 0.5) is 0 Å². The third kappa shape index (κ3) is 1.91. The van der Waals surface area contributed by atoms with Gasteiger partial charge in [0.15, 0.2) is 18.2 Å². The number of hydrogen-bond acceptors (Lipinski definition) is 2. The third-order valence-corrected chi connectivity index (χ3v) is 2.54. The van der Waals surface area contributed by atoms with Gasteiger partial charge in [-0.05, 0) is 13.3 Å². The van der Waals surface area contributed by atoms with Crippen LogP contribution in [-0.4, -0.2) is 5.16 Å². The van der Waals surface area contributed by atoms with Crippen molar-refractivity contribution in [1.29, 1.82) is 0 Å². The van der Waals surface area contributed by atoms with Crippen molar-refractivity contribution in [2.45, 2.75) is 26.8 Å². The molecule has 0 spiro atoms. The Hall–Kier alpha value is -1.64. The van der Waals surface area contributed by atoms with Gasteiger partial charge in [0.1, 0.15) is 6.54 Å². The first kappa shape index (κ1) is 9.90. The van der Waals surface area contributed by atoms with Gasteiger partial charge in [0.25, 0.3) is 0 Å². The Bertz CT molecular complexity index is 431. The predicted molar refractivity (Wildman–Crippen MR) is 57.2 cm³/mol. The van der Waals surface area contributed by atoms with E-state index in [-0.39, 0.29) is 0 Å². The van der Waals surface area contributed by atoms with E-state index in [1.165, 1.54) is 0 Å². The number of hydrogen-bond donors (Lipinski definition) is 0. The molecule has 2 aromatic rings. The molecule has 3 nitrogen and oxygen atoms in total. The van der Waals surface area contributed by atoms with Gasteiger partial charge in [-0.15, -0.1) is 0 Å². The first-order valence-corrected chi connectivity index (χ1v) is 5.28. The number of nitrogens with zero attached hydrogens (tertiary/aromatic N) is 2. The molecule has 0 atom stereocenters. The smallest absolute Gasteiger partial charge is 0.170 e. The van der Waals surface area contributed by atoms with E-state index in [9.17, 15) is 0 Å². The molecular weight excluding hydrogens is 188 g/mol. The van der Waals surface area contributed by atoms with Crippen molar-refractivity contribution in [3.05, 3.63) is 36.3 Å². The number of aryl methyl sites for hydroxylation is 2. The van der Waals surface area contributed by atoms with Crippen molar-refractivity contribution in [2.24, 2.45) is 0 Å². The van der Waals surface area contributed by atoms with Gasteiger partial charge in [-0.2, -0.15) is 0 Å². The molecule has 0 saturated carbocycles. The first-order chi connectivity index (χ1) is 7.35. The van der Waals surface area contributed by atoms with Gasteiger partial charge in [-0.1, -0.05) is 12.1 Å². The van der Waals surface area contributed by atoms with E-state index in [1.807, 2.05) is 0 Å². The molecule has 0 saturated heterocycles. The van der Waals surface area contributed by atoms with Crippen molar-refractivity contribution >= 4 is 0 Å². The zero-order valence-electron chi connectivity index (χ0n) is 9.10. The Balaban J connectivity index is 2.37. The van der Waals surface area contributed by atoms with E-state index in [0.717, 1.165) is 29.9 Å². The largest absolute Gasteiger partial charge is 0.356 e. The maximum atomic E-state index is 5.26. The highest BCUT2D eigenvalue weighted by Crippen LogP contribution is 2.22. The van der Waals surface area contributed by atoms with Crippen LogP contribution in [0.3, 0.4) is 0 Å². The van der Waals surface area contributed by atoms with Gasteiger partial charge >= 0.3 is 0 Å². The van der Waals surface area contributed by atoms with Gasteiger partial charge in [0.2, 0.25) is 0 Å². The summed E-state index contributed by atoms with van der Waals surface area (Å²) in [5.74, 6) is 0.890. The van der Waals surface area contributed by atoms with Crippen LogP contribution in [0.5, 0.6) is 0 Å². The second kappa shape index (κ2) is 4.26. The lowest BCUT2D eigenvalue weighted by atomic mass is 10.1. The van der Waals surface area contributed by atoms with Gasteiger partial charge in [-0.25, -0.2) is 4.57 Å². The molecule has 0 N–H and O–H groups in total. The average Bonchev–Trinajstić information content (AvgIpc) is 2.77. The molecule has 0 unspecified atom stereocenters. The summed E-state index contributed by atoms with van der Waals surface area (Å²) in [5, 5.41) is 3.83. The van der Waals surface area contributed by atoms with E-state index in [0.29, 0.717) is 0 Å². The molecule has 0 aliphatic rings. The molecular formula is C12H15N2O+. The summed E-state index contributed by atoms with van der Waals surface area (Å²) in [6, 6.07) is 4.12. The normalized spacial score (nSPS) is 10.5.